The van der Waals surface area contributed by atoms with Crippen molar-refractivity contribution in [2.75, 3.05) is 23.3 Å². The molecule has 0 aromatic heterocycles. The van der Waals surface area contributed by atoms with Gasteiger partial charge in [0.2, 0.25) is 11.8 Å². The molecule has 0 bridgehead atoms. The molecular weight excluding hydrogens is 386 g/mol. The minimum absolute atomic E-state index is 0.0731. The number of rotatable bonds is 7. The minimum Gasteiger partial charge on any atom is -0.325 e. The van der Waals surface area contributed by atoms with Gasteiger partial charge in [0, 0.05) is 24.3 Å². The van der Waals surface area contributed by atoms with Crippen LogP contribution in [-0.4, -0.2) is 24.9 Å². The molecule has 0 spiro atoms. The maximum atomic E-state index is 12.6. The van der Waals surface area contributed by atoms with Gasteiger partial charge in [0.15, 0.2) is 0 Å². The van der Waals surface area contributed by atoms with E-state index in [0.717, 1.165) is 29.8 Å². The standard InChI is InChI=1S/C26H27N3O2/c1-19-9-11-21(12-10-19)26(20-6-3-2-4-7-20)27-18-24(30)28-22-13-15-23(16-14-22)29-17-5-8-25(29)31/h2-4,6-7,9-16,26-27H,5,8,17-18H2,1H3,(H,28,30)/t26-/m0/s1. The number of hydrogen-bond donors (Lipinski definition) is 2. The van der Waals surface area contributed by atoms with Crippen LogP contribution in [-0.2, 0) is 9.59 Å². The summed E-state index contributed by atoms with van der Waals surface area (Å²) in [5.74, 6) is 0.0436. The molecule has 3 aromatic carbocycles. The average molecular weight is 414 g/mol. The second-order valence-electron chi connectivity index (χ2n) is 7.88. The first-order chi connectivity index (χ1) is 15.1. The normalized spacial score (nSPS) is 14.5. The van der Waals surface area contributed by atoms with E-state index in [1.54, 1.807) is 4.90 Å². The van der Waals surface area contributed by atoms with Gasteiger partial charge in [-0.05, 0) is 48.7 Å². The van der Waals surface area contributed by atoms with E-state index in [-0.39, 0.29) is 24.4 Å². The summed E-state index contributed by atoms with van der Waals surface area (Å²) in [7, 11) is 0. The highest BCUT2D eigenvalue weighted by molar-refractivity contribution is 5.96. The summed E-state index contributed by atoms with van der Waals surface area (Å²) in [6.07, 6.45) is 1.50. The Balaban J connectivity index is 1.40. The van der Waals surface area contributed by atoms with Crippen LogP contribution in [0.15, 0.2) is 78.9 Å². The molecule has 0 aliphatic carbocycles. The Bertz CT molecular complexity index is 1030. The van der Waals surface area contributed by atoms with Crippen LogP contribution in [0.3, 0.4) is 0 Å². The van der Waals surface area contributed by atoms with Gasteiger partial charge in [-0.15, -0.1) is 0 Å². The second-order valence-corrected chi connectivity index (χ2v) is 7.88. The Morgan fingerprint density at radius 1 is 0.935 bits per heavy atom. The highest BCUT2D eigenvalue weighted by Crippen LogP contribution is 2.24. The molecule has 5 nitrogen and oxygen atoms in total. The van der Waals surface area contributed by atoms with Crippen molar-refractivity contribution in [1.29, 1.82) is 0 Å². The SMILES string of the molecule is Cc1ccc([C@@H](NCC(=O)Nc2ccc(N3CCCC3=O)cc2)c2ccccc2)cc1. The van der Waals surface area contributed by atoms with Crippen LogP contribution in [0.1, 0.15) is 35.6 Å². The molecular formula is C26H27N3O2. The van der Waals surface area contributed by atoms with Gasteiger partial charge in [-0.25, -0.2) is 0 Å². The highest BCUT2D eigenvalue weighted by Gasteiger charge is 2.21. The van der Waals surface area contributed by atoms with E-state index in [0.29, 0.717) is 12.1 Å². The fourth-order valence-corrected chi connectivity index (χ4v) is 3.88. The number of nitrogens with one attached hydrogen (secondary N) is 2. The lowest BCUT2D eigenvalue weighted by atomic mass is 9.98. The Hall–Kier alpha value is -3.44. The monoisotopic (exact) mass is 413 g/mol. The van der Waals surface area contributed by atoms with Gasteiger partial charge >= 0.3 is 0 Å². The van der Waals surface area contributed by atoms with E-state index in [4.69, 9.17) is 0 Å². The lowest BCUT2D eigenvalue weighted by Crippen LogP contribution is -2.32. The third-order valence-corrected chi connectivity index (χ3v) is 5.55. The molecule has 2 amide bonds. The first kappa shape index (κ1) is 20.8. The molecule has 31 heavy (non-hydrogen) atoms. The summed E-state index contributed by atoms with van der Waals surface area (Å²) in [5.41, 5.74) is 5.02. The van der Waals surface area contributed by atoms with Gasteiger partial charge in [0.25, 0.3) is 0 Å². The highest BCUT2D eigenvalue weighted by atomic mass is 16.2. The number of aryl methyl sites for hydroxylation is 1. The van der Waals surface area contributed by atoms with Gasteiger partial charge in [-0.2, -0.15) is 0 Å². The number of hydrogen-bond acceptors (Lipinski definition) is 3. The van der Waals surface area contributed by atoms with Crippen LogP contribution in [0.4, 0.5) is 11.4 Å². The first-order valence-electron chi connectivity index (χ1n) is 10.7. The third-order valence-electron chi connectivity index (χ3n) is 5.55. The number of benzene rings is 3. The van der Waals surface area contributed by atoms with Crippen LogP contribution in [0.5, 0.6) is 0 Å². The maximum absolute atomic E-state index is 12.6. The van der Waals surface area contributed by atoms with Crippen LogP contribution in [0.2, 0.25) is 0 Å². The maximum Gasteiger partial charge on any atom is 0.238 e. The molecule has 1 aliphatic heterocycles. The number of carbonyl (C=O) groups excluding carboxylic acids is 2. The molecule has 2 N–H and O–H groups in total. The third kappa shape index (κ3) is 5.19. The molecule has 3 aromatic rings. The van der Waals surface area contributed by atoms with Crippen molar-refractivity contribution in [2.45, 2.75) is 25.8 Å². The molecule has 5 heteroatoms. The van der Waals surface area contributed by atoms with Crippen LogP contribution in [0.25, 0.3) is 0 Å². The topological polar surface area (TPSA) is 61.4 Å². The Morgan fingerprint density at radius 3 is 2.26 bits per heavy atom. The van der Waals surface area contributed by atoms with Crippen molar-refractivity contribution in [3.05, 3.63) is 95.6 Å². The minimum atomic E-state index is -0.113. The molecule has 1 heterocycles. The van der Waals surface area contributed by atoms with Gasteiger partial charge in [0.05, 0.1) is 12.6 Å². The first-order valence-corrected chi connectivity index (χ1v) is 10.7. The van der Waals surface area contributed by atoms with E-state index in [2.05, 4.69) is 54.0 Å². The smallest absolute Gasteiger partial charge is 0.238 e. The van der Waals surface area contributed by atoms with Gasteiger partial charge in [0.1, 0.15) is 0 Å². The predicted molar refractivity (Wildman–Crippen MR) is 124 cm³/mol. The molecule has 1 saturated heterocycles. The van der Waals surface area contributed by atoms with Crippen molar-refractivity contribution >= 4 is 23.2 Å². The van der Waals surface area contributed by atoms with Crippen molar-refractivity contribution in [1.82, 2.24) is 5.32 Å². The number of amides is 2. The van der Waals surface area contributed by atoms with Gasteiger partial charge in [-0.1, -0.05) is 60.2 Å². The Morgan fingerprint density at radius 2 is 1.61 bits per heavy atom. The molecule has 1 fully saturated rings. The Kier molecular flexibility index (Phi) is 6.43. The van der Waals surface area contributed by atoms with Crippen LogP contribution in [0, 0.1) is 6.92 Å². The lowest BCUT2D eigenvalue weighted by Gasteiger charge is -2.20. The molecule has 0 unspecified atom stereocenters. The van der Waals surface area contributed by atoms with Crippen molar-refractivity contribution in [2.24, 2.45) is 0 Å². The molecule has 4 rings (SSSR count). The molecule has 0 radical (unpaired) electrons. The van der Waals surface area contributed by atoms with E-state index < -0.39 is 0 Å². The fraction of sp³-hybridized carbons (Fsp3) is 0.231. The second kappa shape index (κ2) is 9.58. The zero-order valence-corrected chi connectivity index (χ0v) is 17.7. The Labute approximate surface area is 183 Å². The molecule has 1 atom stereocenters. The van der Waals surface area contributed by atoms with Crippen molar-refractivity contribution in [3.8, 4) is 0 Å². The van der Waals surface area contributed by atoms with E-state index in [1.165, 1.54) is 5.56 Å². The molecule has 158 valence electrons. The van der Waals surface area contributed by atoms with E-state index >= 15 is 0 Å². The zero-order valence-electron chi connectivity index (χ0n) is 17.7. The average Bonchev–Trinajstić information content (AvgIpc) is 3.22. The quantitative estimate of drug-likeness (QED) is 0.602. The predicted octanol–water partition coefficient (Wildman–Crippen LogP) is 4.44. The van der Waals surface area contributed by atoms with Crippen LogP contribution >= 0.6 is 0 Å². The number of nitrogens with zero attached hydrogens (tertiary/aromatic N) is 1. The van der Waals surface area contributed by atoms with E-state index in [1.807, 2.05) is 42.5 Å². The van der Waals surface area contributed by atoms with Crippen LogP contribution < -0.4 is 15.5 Å². The van der Waals surface area contributed by atoms with Gasteiger partial charge < -0.3 is 10.2 Å². The summed E-state index contributed by atoms with van der Waals surface area (Å²) in [4.78, 5) is 26.3. The summed E-state index contributed by atoms with van der Waals surface area (Å²) in [5, 5.41) is 6.32. The summed E-state index contributed by atoms with van der Waals surface area (Å²) < 4.78 is 0. The number of anilines is 2. The summed E-state index contributed by atoms with van der Waals surface area (Å²) in [6, 6.07) is 25.8. The summed E-state index contributed by atoms with van der Waals surface area (Å²) in [6.45, 7) is 3.00. The molecule has 1 aliphatic rings. The van der Waals surface area contributed by atoms with Crippen molar-refractivity contribution in [3.63, 3.8) is 0 Å². The zero-order chi connectivity index (χ0) is 21.6. The largest absolute Gasteiger partial charge is 0.325 e. The molecule has 0 saturated carbocycles. The number of carbonyl (C=O) groups is 2. The van der Waals surface area contributed by atoms with Gasteiger partial charge in [-0.3, -0.25) is 14.9 Å². The van der Waals surface area contributed by atoms with E-state index in [9.17, 15) is 9.59 Å². The lowest BCUT2D eigenvalue weighted by molar-refractivity contribution is -0.117. The fourth-order valence-electron chi connectivity index (χ4n) is 3.88. The van der Waals surface area contributed by atoms with Crippen molar-refractivity contribution < 1.29 is 9.59 Å². The summed E-state index contributed by atoms with van der Waals surface area (Å²) >= 11 is 0.